The summed E-state index contributed by atoms with van der Waals surface area (Å²) in [4.78, 5) is 11.9. The molecule has 104 valence electrons. The normalized spacial score (nSPS) is 17.6. The van der Waals surface area contributed by atoms with E-state index < -0.39 is 0 Å². The lowest BCUT2D eigenvalue weighted by atomic mass is 9.87. The van der Waals surface area contributed by atoms with Gasteiger partial charge in [0.1, 0.15) is 17.4 Å². The fourth-order valence-corrected chi connectivity index (χ4v) is 2.60. The fourth-order valence-electron chi connectivity index (χ4n) is 2.60. The molecule has 0 bridgehead atoms. The van der Waals surface area contributed by atoms with E-state index in [1.807, 2.05) is 0 Å². The van der Waals surface area contributed by atoms with Crippen molar-refractivity contribution in [1.82, 2.24) is 9.78 Å². The molecule has 0 saturated carbocycles. The van der Waals surface area contributed by atoms with E-state index in [1.54, 1.807) is 24.0 Å². The van der Waals surface area contributed by atoms with Gasteiger partial charge in [-0.2, -0.15) is 5.10 Å². The van der Waals surface area contributed by atoms with Gasteiger partial charge in [-0.15, -0.1) is 0 Å². The number of carbonyl (C=O) groups excluding carboxylic acids is 1. The monoisotopic (exact) mass is 275 g/mol. The van der Waals surface area contributed by atoms with E-state index in [4.69, 9.17) is 4.74 Å². The standard InChI is InChI=1S/C14H14FN3O2/c1-18-14-11(7-16-18)9(6-13(19)17-14)10-5-8(15)3-4-12(10)20-2/h3-5,7,9H,6H2,1-2H3,(H,17,19). The van der Waals surface area contributed by atoms with E-state index in [0.717, 1.165) is 5.56 Å². The van der Waals surface area contributed by atoms with Gasteiger partial charge in [-0.1, -0.05) is 0 Å². The molecule has 0 fully saturated rings. The van der Waals surface area contributed by atoms with E-state index in [1.165, 1.54) is 19.2 Å². The topological polar surface area (TPSA) is 56.1 Å². The summed E-state index contributed by atoms with van der Waals surface area (Å²) in [5.74, 6) is 0.506. The summed E-state index contributed by atoms with van der Waals surface area (Å²) in [7, 11) is 3.29. The minimum Gasteiger partial charge on any atom is -0.496 e. The predicted molar refractivity (Wildman–Crippen MR) is 71.2 cm³/mol. The lowest BCUT2D eigenvalue weighted by molar-refractivity contribution is -0.116. The van der Waals surface area contributed by atoms with Crippen molar-refractivity contribution in [2.75, 3.05) is 12.4 Å². The molecule has 0 radical (unpaired) electrons. The maximum absolute atomic E-state index is 13.5. The van der Waals surface area contributed by atoms with Crippen molar-refractivity contribution in [2.45, 2.75) is 12.3 Å². The first-order chi connectivity index (χ1) is 9.60. The van der Waals surface area contributed by atoms with Gasteiger partial charge in [-0.3, -0.25) is 9.48 Å². The van der Waals surface area contributed by atoms with E-state index in [-0.39, 0.29) is 24.1 Å². The van der Waals surface area contributed by atoms with Crippen molar-refractivity contribution >= 4 is 11.7 Å². The van der Waals surface area contributed by atoms with E-state index in [0.29, 0.717) is 17.1 Å². The number of anilines is 1. The lowest BCUT2D eigenvalue weighted by Gasteiger charge is -2.24. The molecule has 1 N–H and O–H groups in total. The molecule has 0 aliphatic carbocycles. The molecule has 5 nitrogen and oxygen atoms in total. The molecule has 2 aromatic rings. The predicted octanol–water partition coefficient (Wildman–Crippen LogP) is 2.04. The third-order valence-corrected chi connectivity index (χ3v) is 3.56. The minimum absolute atomic E-state index is 0.114. The minimum atomic E-state index is -0.350. The second kappa shape index (κ2) is 4.63. The largest absolute Gasteiger partial charge is 0.496 e. The Morgan fingerprint density at radius 2 is 2.25 bits per heavy atom. The highest BCUT2D eigenvalue weighted by Crippen LogP contribution is 2.40. The van der Waals surface area contributed by atoms with E-state index >= 15 is 0 Å². The van der Waals surface area contributed by atoms with Crippen LogP contribution in [0.5, 0.6) is 5.75 Å². The number of nitrogens with zero attached hydrogens (tertiary/aromatic N) is 2. The number of aryl methyl sites for hydroxylation is 1. The van der Waals surface area contributed by atoms with E-state index in [9.17, 15) is 9.18 Å². The van der Waals surface area contributed by atoms with Crippen LogP contribution in [0.3, 0.4) is 0 Å². The zero-order chi connectivity index (χ0) is 14.3. The number of nitrogens with one attached hydrogen (secondary N) is 1. The number of fused-ring (bicyclic) bond motifs is 1. The van der Waals surface area contributed by atoms with Crippen molar-refractivity contribution in [1.29, 1.82) is 0 Å². The first-order valence-electron chi connectivity index (χ1n) is 6.25. The Labute approximate surface area is 115 Å². The molecule has 1 atom stereocenters. The Bertz CT molecular complexity index is 681. The Morgan fingerprint density at radius 3 is 3.00 bits per heavy atom. The zero-order valence-electron chi connectivity index (χ0n) is 11.2. The van der Waals surface area contributed by atoms with Crippen LogP contribution < -0.4 is 10.1 Å². The molecule has 1 unspecified atom stereocenters. The molecule has 2 heterocycles. The Hall–Kier alpha value is -2.37. The molecule has 3 rings (SSSR count). The molecule has 6 heteroatoms. The number of amides is 1. The Balaban J connectivity index is 2.15. The van der Waals surface area contributed by atoms with Gasteiger partial charge >= 0.3 is 0 Å². The zero-order valence-corrected chi connectivity index (χ0v) is 11.2. The van der Waals surface area contributed by atoms with Crippen LogP contribution in [0.4, 0.5) is 10.2 Å². The molecular formula is C14H14FN3O2. The van der Waals surface area contributed by atoms with Crippen molar-refractivity contribution < 1.29 is 13.9 Å². The van der Waals surface area contributed by atoms with Crippen LogP contribution in [0.15, 0.2) is 24.4 Å². The van der Waals surface area contributed by atoms with Gasteiger partial charge in [-0.25, -0.2) is 4.39 Å². The highest BCUT2D eigenvalue weighted by Gasteiger charge is 2.31. The van der Waals surface area contributed by atoms with Crippen molar-refractivity contribution in [2.24, 2.45) is 7.05 Å². The highest BCUT2D eigenvalue weighted by molar-refractivity contribution is 5.94. The first-order valence-corrected chi connectivity index (χ1v) is 6.25. The quantitative estimate of drug-likeness (QED) is 0.912. The molecular weight excluding hydrogens is 261 g/mol. The number of halogens is 1. The fraction of sp³-hybridized carbons (Fsp3) is 0.286. The van der Waals surface area contributed by atoms with Crippen LogP contribution in [0.25, 0.3) is 0 Å². The van der Waals surface area contributed by atoms with Gasteiger partial charge in [0.05, 0.1) is 13.3 Å². The average Bonchev–Trinajstić information content (AvgIpc) is 2.79. The van der Waals surface area contributed by atoms with Crippen LogP contribution in [0.2, 0.25) is 0 Å². The number of hydrogen-bond acceptors (Lipinski definition) is 3. The molecule has 1 aliphatic heterocycles. The van der Waals surface area contributed by atoms with Gasteiger partial charge in [0.2, 0.25) is 5.91 Å². The van der Waals surface area contributed by atoms with Crippen LogP contribution >= 0.6 is 0 Å². The summed E-state index contributed by atoms with van der Waals surface area (Å²) in [6, 6.07) is 4.33. The summed E-state index contributed by atoms with van der Waals surface area (Å²) in [6.45, 7) is 0. The third kappa shape index (κ3) is 1.93. The number of hydrogen-bond donors (Lipinski definition) is 1. The number of ether oxygens (including phenoxy) is 1. The summed E-state index contributed by atoms with van der Waals surface area (Å²) in [5.41, 5.74) is 1.53. The van der Waals surface area contributed by atoms with Gasteiger partial charge in [0, 0.05) is 30.5 Å². The molecule has 0 saturated heterocycles. The highest BCUT2D eigenvalue weighted by atomic mass is 19.1. The molecule has 1 aromatic heterocycles. The van der Waals surface area contributed by atoms with E-state index in [2.05, 4.69) is 10.4 Å². The number of aromatic nitrogens is 2. The van der Waals surface area contributed by atoms with Crippen LogP contribution in [0, 0.1) is 5.82 Å². The molecule has 1 aliphatic rings. The first kappa shape index (κ1) is 12.7. The van der Waals surface area contributed by atoms with Crippen LogP contribution in [0.1, 0.15) is 23.5 Å². The lowest BCUT2D eigenvalue weighted by Crippen LogP contribution is -2.24. The third-order valence-electron chi connectivity index (χ3n) is 3.56. The molecule has 1 amide bonds. The van der Waals surface area contributed by atoms with Gasteiger partial charge < -0.3 is 10.1 Å². The van der Waals surface area contributed by atoms with Crippen LogP contribution in [-0.2, 0) is 11.8 Å². The second-order valence-corrected chi connectivity index (χ2v) is 4.76. The van der Waals surface area contributed by atoms with Crippen molar-refractivity contribution in [3.63, 3.8) is 0 Å². The van der Waals surface area contributed by atoms with Gasteiger partial charge in [-0.05, 0) is 18.2 Å². The second-order valence-electron chi connectivity index (χ2n) is 4.76. The number of rotatable bonds is 2. The molecule has 1 aromatic carbocycles. The molecule has 0 spiro atoms. The maximum Gasteiger partial charge on any atom is 0.226 e. The number of carbonyl (C=O) groups is 1. The SMILES string of the molecule is COc1ccc(F)cc1C1CC(=O)Nc2c1cnn2C. The Kier molecular flexibility index (Phi) is 2.93. The average molecular weight is 275 g/mol. The summed E-state index contributed by atoms with van der Waals surface area (Å²) < 4.78 is 20.4. The maximum atomic E-state index is 13.5. The number of methoxy groups -OCH3 is 1. The van der Waals surface area contributed by atoms with Gasteiger partial charge in [0.15, 0.2) is 0 Å². The Morgan fingerprint density at radius 1 is 1.45 bits per heavy atom. The number of benzene rings is 1. The van der Waals surface area contributed by atoms with Crippen molar-refractivity contribution in [3.05, 3.63) is 41.3 Å². The summed E-state index contributed by atoms with van der Waals surface area (Å²) in [5, 5.41) is 6.94. The van der Waals surface area contributed by atoms with Gasteiger partial charge in [0.25, 0.3) is 0 Å². The van der Waals surface area contributed by atoms with Crippen LogP contribution in [-0.4, -0.2) is 22.8 Å². The van der Waals surface area contributed by atoms with Crippen molar-refractivity contribution in [3.8, 4) is 5.75 Å². The molecule has 20 heavy (non-hydrogen) atoms. The smallest absolute Gasteiger partial charge is 0.226 e. The summed E-state index contributed by atoms with van der Waals surface area (Å²) >= 11 is 0. The summed E-state index contributed by atoms with van der Waals surface area (Å²) in [6.07, 6.45) is 1.95.